The van der Waals surface area contributed by atoms with Crippen molar-refractivity contribution < 1.29 is 28.2 Å². The predicted octanol–water partition coefficient (Wildman–Crippen LogP) is 5.70. The first kappa shape index (κ1) is 23.3. The van der Waals surface area contributed by atoms with Crippen molar-refractivity contribution in [2.24, 2.45) is 0 Å². The minimum Gasteiger partial charge on any atom is -0.465 e. The van der Waals surface area contributed by atoms with Gasteiger partial charge in [0.05, 0.1) is 11.6 Å². The van der Waals surface area contributed by atoms with Gasteiger partial charge in [-0.15, -0.1) is 0 Å². The molecule has 1 aromatic carbocycles. The summed E-state index contributed by atoms with van der Waals surface area (Å²) in [5, 5.41) is 19.8. The van der Waals surface area contributed by atoms with Gasteiger partial charge in [-0.05, 0) is 47.1 Å². The molecule has 154 valence electrons. The van der Waals surface area contributed by atoms with Crippen LogP contribution in [0.3, 0.4) is 0 Å². The van der Waals surface area contributed by atoms with E-state index in [1.165, 1.54) is 19.1 Å². The van der Waals surface area contributed by atoms with Crippen LogP contribution in [0.2, 0.25) is 0 Å². The smallest absolute Gasteiger partial charge is 0.408 e. The third-order valence-corrected chi connectivity index (χ3v) is 4.83. The Balaban J connectivity index is 3.44. The van der Waals surface area contributed by atoms with Crippen LogP contribution in [0.1, 0.15) is 78.0 Å². The van der Waals surface area contributed by atoms with Crippen molar-refractivity contribution in [1.29, 1.82) is 0 Å². The first-order valence-electron chi connectivity index (χ1n) is 9.09. The third-order valence-electron chi connectivity index (χ3n) is 4.83. The average Bonchev–Trinajstić information content (AvgIpc) is 2.50. The maximum absolute atomic E-state index is 15.1. The number of halogens is 3. The number of hydrogen-bond acceptors (Lipinski definition) is 2. The monoisotopic (exact) mass is 389 g/mol. The van der Waals surface area contributed by atoms with Crippen LogP contribution in [0, 0.1) is 5.82 Å². The molecular weight excluding hydrogens is 359 g/mol. The molecule has 0 aliphatic rings. The highest BCUT2D eigenvalue weighted by Gasteiger charge is 2.51. The van der Waals surface area contributed by atoms with Crippen molar-refractivity contribution in [2.75, 3.05) is 0 Å². The zero-order valence-corrected chi connectivity index (χ0v) is 16.8. The zero-order valence-electron chi connectivity index (χ0n) is 16.8. The van der Waals surface area contributed by atoms with Crippen LogP contribution in [-0.4, -0.2) is 32.3 Å². The lowest BCUT2D eigenvalue weighted by atomic mass is 9.85. The molecule has 0 bridgehead atoms. The summed E-state index contributed by atoms with van der Waals surface area (Å²) in [6, 6.07) is 2.51. The normalized spacial score (nSPS) is 15.9. The Bertz CT molecular complexity index is 669. The molecule has 27 heavy (non-hydrogen) atoms. The first-order chi connectivity index (χ1) is 12.2. The Morgan fingerprint density at radius 3 is 2.22 bits per heavy atom. The fourth-order valence-corrected chi connectivity index (χ4v) is 3.26. The lowest BCUT2D eigenvalue weighted by Crippen LogP contribution is -2.47. The van der Waals surface area contributed by atoms with E-state index < -0.39 is 40.6 Å². The summed E-state index contributed by atoms with van der Waals surface area (Å²) in [5.41, 5.74) is -4.35. The van der Waals surface area contributed by atoms with Crippen LogP contribution in [0.4, 0.5) is 18.0 Å². The van der Waals surface area contributed by atoms with Gasteiger partial charge >= 0.3 is 12.0 Å². The van der Waals surface area contributed by atoms with Gasteiger partial charge in [0.2, 0.25) is 0 Å². The van der Waals surface area contributed by atoms with Crippen LogP contribution in [-0.2, 0) is 5.92 Å². The molecule has 7 heteroatoms. The van der Waals surface area contributed by atoms with Crippen molar-refractivity contribution in [1.82, 2.24) is 4.90 Å². The van der Waals surface area contributed by atoms with E-state index in [2.05, 4.69) is 0 Å². The summed E-state index contributed by atoms with van der Waals surface area (Å²) in [5.74, 6) is -5.01. The van der Waals surface area contributed by atoms with Crippen molar-refractivity contribution >= 4 is 6.09 Å². The minimum atomic E-state index is -3.82. The summed E-state index contributed by atoms with van der Waals surface area (Å²) >= 11 is 0. The van der Waals surface area contributed by atoms with E-state index in [0.717, 1.165) is 17.9 Å². The Morgan fingerprint density at radius 2 is 1.78 bits per heavy atom. The molecule has 2 unspecified atom stereocenters. The van der Waals surface area contributed by atoms with Gasteiger partial charge in [-0.2, -0.15) is 8.78 Å². The molecule has 1 aromatic rings. The van der Waals surface area contributed by atoms with Crippen molar-refractivity contribution in [3.8, 4) is 0 Å². The van der Waals surface area contributed by atoms with Crippen molar-refractivity contribution in [2.45, 2.75) is 83.9 Å². The molecular formula is C20H30F3NO3. The molecule has 0 spiro atoms. The van der Waals surface area contributed by atoms with Crippen LogP contribution in [0.25, 0.3) is 0 Å². The largest absolute Gasteiger partial charge is 0.465 e. The Morgan fingerprint density at radius 1 is 1.22 bits per heavy atom. The number of carboxylic acid groups (broad SMARTS) is 1. The van der Waals surface area contributed by atoms with E-state index in [1.807, 2.05) is 6.92 Å². The molecule has 0 saturated heterocycles. The quantitative estimate of drug-likeness (QED) is 0.629. The topological polar surface area (TPSA) is 60.8 Å². The van der Waals surface area contributed by atoms with E-state index in [-0.39, 0.29) is 12.0 Å². The minimum absolute atomic E-state index is 0.157. The van der Waals surface area contributed by atoms with Crippen LogP contribution in [0.15, 0.2) is 18.2 Å². The van der Waals surface area contributed by atoms with E-state index in [4.69, 9.17) is 0 Å². The van der Waals surface area contributed by atoms with Crippen LogP contribution < -0.4 is 0 Å². The molecule has 0 heterocycles. The molecule has 0 fully saturated rings. The summed E-state index contributed by atoms with van der Waals surface area (Å²) in [6.45, 7) is 9.19. The van der Waals surface area contributed by atoms with E-state index in [9.17, 15) is 23.8 Å². The second-order valence-electron chi connectivity index (χ2n) is 8.16. The maximum Gasteiger partial charge on any atom is 0.408 e. The standard InChI is InChI=1S/C20H30F3NO3/c1-7-8-12-19(6,27)20(22,23)15-11-9-10-14(16(15)21)13(2)24(17(25)26)18(3,4)5/h9-11,13,27H,7-8,12H2,1-6H3,(H,25,26). The van der Waals surface area contributed by atoms with Gasteiger partial charge in [0, 0.05) is 11.1 Å². The number of carbonyl (C=O) groups is 1. The van der Waals surface area contributed by atoms with E-state index in [1.54, 1.807) is 20.8 Å². The molecule has 4 nitrogen and oxygen atoms in total. The molecule has 1 amide bonds. The van der Waals surface area contributed by atoms with Gasteiger partial charge in [-0.3, -0.25) is 4.90 Å². The second-order valence-corrected chi connectivity index (χ2v) is 8.16. The number of alkyl halides is 2. The van der Waals surface area contributed by atoms with Gasteiger partial charge in [0.15, 0.2) is 0 Å². The summed E-state index contributed by atoms with van der Waals surface area (Å²) in [7, 11) is 0. The van der Waals surface area contributed by atoms with Crippen molar-refractivity contribution in [3.05, 3.63) is 35.1 Å². The Kier molecular flexibility index (Phi) is 6.97. The molecule has 0 saturated carbocycles. The summed E-state index contributed by atoms with van der Waals surface area (Å²) in [6.07, 6.45) is -0.470. The molecule has 0 aliphatic heterocycles. The highest BCUT2D eigenvalue weighted by Crippen LogP contribution is 2.44. The highest BCUT2D eigenvalue weighted by atomic mass is 19.3. The fraction of sp³-hybridized carbons (Fsp3) is 0.650. The predicted molar refractivity (Wildman–Crippen MR) is 98.5 cm³/mol. The van der Waals surface area contributed by atoms with Gasteiger partial charge in [0.25, 0.3) is 0 Å². The van der Waals surface area contributed by atoms with Gasteiger partial charge < -0.3 is 10.2 Å². The SMILES string of the molecule is CCCCC(C)(O)C(F)(F)c1cccc(C(C)N(C(=O)O)C(C)(C)C)c1F. The van der Waals surface area contributed by atoms with Crippen LogP contribution >= 0.6 is 0 Å². The lowest BCUT2D eigenvalue weighted by Gasteiger charge is -2.39. The van der Waals surface area contributed by atoms with Crippen LogP contribution in [0.5, 0.6) is 0 Å². The summed E-state index contributed by atoms with van der Waals surface area (Å²) in [4.78, 5) is 12.7. The number of benzene rings is 1. The summed E-state index contributed by atoms with van der Waals surface area (Å²) < 4.78 is 44.9. The second kappa shape index (κ2) is 8.09. The highest BCUT2D eigenvalue weighted by molar-refractivity contribution is 5.67. The number of amides is 1. The number of aliphatic hydroxyl groups is 1. The van der Waals surface area contributed by atoms with E-state index in [0.29, 0.717) is 12.8 Å². The molecule has 1 rings (SSSR count). The van der Waals surface area contributed by atoms with Gasteiger partial charge in [-0.25, -0.2) is 9.18 Å². The molecule has 0 aromatic heterocycles. The Labute approximate surface area is 159 Å². The number of rotatable bonds is 7. The van der Waals surface area contributed by atoms with Gasteiger partial charge in [0.1, 0.15) is 11.4 Å². The molecule has 2 atom stereocenters. The number of hydrogen-bond donors (Lipinski definition) is 2. The molecule has 0 radical (unpaired) electrons. The number of unbranched alkanes of at least 4 members (excludes halogenated alkanes) is 1. The molecule has 2 N–H and O–H groups in total. The zero-order chi connectivity index (χ0) is 21.2. The lowest BCUT2D eigenvalue weighted by molar-refractivity contribution is -0.184. The first-order valence-corrected chi connectivity index (χ1v) is 9.09. The molecule has 0 aliphatic carbocycles. The number of nitrogens with zero attached hydrogens (tertiary/aromatic N) is 1. The average molecular weight is 389 g/mol. The van der Waals surface area contributed by atoms with Crippen molar-refractivity contribution in [3.63, 3.8) is 0 Å². The van der Waals surface area contributed by atoms with Gasteiger partial charge in [-0.1, -0.05) is 31.9 Å². The fourth-order valence-electron chi connectivity index (χ4n) is 3.26. The third kappa shape index (κ3) is 4.75. The maximum atomic E-state index is 15.1. The Hall–Kier alpha value is -1.76. The van der Waals surface area contributed by atoms with E-state index >= 15 is 4.39 Å².